The molecule has 0 atom stereocenters. The van der Waals surface area contributed by atoms with Gasteiger partial charge >= 0.3 is 5.97 Å². The summed E-state index contributed by atoms with van der Waals surface area (Å²) in [7, 11) is 1.51. The highest BCUT2D eigenvalue weighted by Gasteiger charge is 2.17. The van der Waals surface area contributed by atoms with Crippen LogP contribution in [-0.4, -0.2) is 18.7 Å². The van der Waals surface area contributed by atoms with Crippen LogP contribution in [0.5, 0.6) is 5.75 Å². The third-order valence-corrected chi connectivity index (χ3v) is 2.93. The van der Waals surface area contributed by atoms with E-state index in [4.69, 9.17) is 14.7 Å². The van der Waals surface area contributed by atoms with Gasteiger partial charge in [0.05, 0.1) is 12.7 Å². The van der Waals surface area contributed by atoms with Crippen molar-refractivity contribution in [3.63, 3.8) is 0 Å². The van der Waals surface area contributed by atoms with Gasteiger partial charge in [-0.25, -0.2) is 0 Å². The summed E-state index contributed by atoms with van der Waals surface area (Å²) in [6, 6.07) is 5.62. The number of methoxy groups -OCH3 is 1. The Morgan fingerprint density at radius 1 is 1.40 bits per heavy atom. The van der Waals surface area contributed by atoms with Gasteiger partial charge in [-0.05, 0) is 44.9 Å². The highest BCUT2D eigenvalue weighted by Crippen LogP contribution is 2.29. The van der Waals surface area contributed by atoms with E-state index in [1.54, 1.807) is 6.07 Å². The summed E-state index contributed by atoms with van der Waals surface area (Å²) >= 11 is 3.35. The molecule has 0 unspecified atom stereocenters. The van der Waals surface area contributed by atoms with E-state index in [-0.39, 0.29) is 12.4 Å². The van der Waals surface area contributed by atoms with Crippen molar-refractivity contribution < 1.29 is 14.3 Å². The minimum atomic E-state index is -0.490. The summed E-state index contributed by atoms with van der Waals surface area (Å²) in [4.78, 5) is 11.7. The van der Waals surface area contributed by atoms with Crippen LogP contribution in [0.2, 0.25) is 0 Å². The number of hydrogen-bond acceptors (Lipinski definition) is 4. The SMILES string of the molecule is COc1c(C#N)cc(Br)cc1CCC(=O)OC(C)(C)C. The van der Waals surface area contributed by atoms with Gasteiger partial charge in [0, 0.05) is 10.9 Å². The second kappa shape index (κ2) is 6.76. The molecule has 0 aromatic heterocycles. The largest absolute Gasteiger partial charge is 0.495 e. The number of halogens is 1. The lowest BCUT2D eigenvalue weighted by atomic mass is 10.0. The number of aryl methyl sites for hydroxylation is 1. The van der Waals surface area contributed by atoms with Crippen molar-refractivity contribution in [2.24, 2.45) is 0 Å². The molecule has 1 aromatic rings. The first-order valence-corrected chi connectivity index (χ1v) is 7.04. The monoisotopic (exact) mass is 339 g/mol. The van der Waals surface area contributed by atoms with Crippen molar-refractivity contribution in [3.8, 4) is 11.8 Å². The van der Waals surface area contributed by atoms with Crippen LogP contribution in [0.15, 0.2) is 16.6 Å². The van der Waals surface area contributed by atoms with Crippen molar-refractivity contribution >= 4 is 21.9 Å². The molecule has 0 saturated carbocycles. The van der Waals surface area contributed by atoms with Gasteiger partial charge in [-0.3, -0.25) is 4.79 Å². The van der Waals surface area contributed by atoms with E-state index in [0.717, 1.165) is 10.0 Å². The molecule has 0 N–H and O–H groups in total. The summed E-state index contributed by atoms with van der Waals surface area (Å²) in [6.45, 7) is 5.50. The molecule has 0 saturated heterocycles. The number of carbonyl (C=O) groups excluding carboxylic acids is 1. The summed E-state index contributed by atoms with van der Waals surface area (Å²) in [5, 5.41) is 9.09. The molecule has 108 valence electrons. The van der Waals surface area contributed by atoms with Gasteiger partial charge in [-0.2, -0.15) is 5.26 Å². The first-order chi connectivity index (χ1) is 9.26. The zero-order chi connectivity index (χ0) is 15.3. The average Bonchev–Trinajstić information content (AvgIpc) is 2.33. The molecule has 0 heterocycles. The van der Waals surface area contributed by atoms with Gasteiger partial charge in [0.2, 0.25) is 0 Å². The van der Waals surface area contributed by atoms with E-state index >= 15 is 0 Å². The number of esters is 1. The first kappa shape index (κ1) is 16.5. The molecule has 0 spiro atoms. The molecule has 4 nitrogen and oxygen atoms in total. The van der Waals surface area contributed by atoms with Crippen molar-refractivity contribution in [2.45, 2.75) is 39.2 Å². The summed E-state index contributed by atoms with van der Waals surface area (Å²) < 4.78 is 11.3. The molecule has 20 heavy (non-hydrogen) atoms. The van der Waals surface area contributed by atoms with Crippen molar-refractivity contribution in [2.75, 3.05) is 7.11 Å². The Morgan fingerprint density at radius 2 is 2.05 bits per heavy atom. The van der Waals surface area contributed by atoms with E-state index in [1.807, 2.05) is 26.8 Å². The highest BCUT2D eigenvalue weighted by molar-refractivity contribution is 9.10. The van der Waals surface area contributed by atoms with Gasteiger partial charge in [-0.15, -0.1) is 0 Å². The summed E-state index contributed by atoms with van der Waals surface area (Å²) in [5.74, 6) is 0.247. The standard InChI is InChI=1S/C15H18BrNO3/c1-15(2,3)20-13(18)6-5-10-7-12(16)8-11(9-17)14(10)19-4/h7-8H,5-6H2,1-4H3. The Kier molecular flexibility index (Phi) is 5.58. The van der Waals surface area contributed by atoms with Gasteiger partial charge in [-0.1, -0.05) is 15.9 Å². The van der Waals surface area contributed by atoms with E-state index in [2.05, 4.69) is 22.0 Å². The second-order valence-electron chi connectivity index (χ2n) is 5.34. The Bertz CT molecular complexity index is 541. The molecule has 1 rings (SSSR count). The quantitative estimate of drug-likeness (QED) is 0.786. The predicted molar refractivity (Wildman–Crippen MR) is 79.6 cm³/mol. The minimum Gasteiger partial charge on any atom is -0.495 e. The number of carbonyl (C=O) groups is 1. The van der Waals surface area contributed by atoms with Crippen molar-refractivity contribution in [1.82, 2.24) is 0 Å². The molecular formula is C15H18BrNO3. The van der Waals surface area contributed by atoms with Crippen molar-refractivity contribution in [3.05, 3.63) is 27.7 Å². The van der Waals surface area contributed by atoms with Gasteiger partial charge in [0.1, 0.15) is 17.4 Å². The van der Waals surface area contributed by atoms with E-state index in [0.29, 0.717) is 17.7 Å². The first-order valence-electron chi connectivity index (χ1n) is 6.25. The maximum atomic E-state index is 11.7. The molecule has 1 aromatic carbocycles. The topological polar surface area (TPSA) is 59.3 Å². The average molecular weight is 340 g/mol. The van der Waals surface area contributed by atoms with Crippen molar-refractivity contribution in [1.29, 1.82) is 5.26 Å². The lowest BCUT2D eigenvalue weighted by Crippen LogP contribution is -2.24. The molecule has 0 fully saturated rings. The fraction of sp³-hybridized carbons (Fsp3) is 0.467. The molecule has 5 heteroatoms. The van der Waals surface area contributed by atoms with Crippen LogP contribution in [0.1, 0.15) is 38.3 Å². The minimum absolute atomic E-state index is 0.245. The van der Waals surface area contributed by atoms with Crippen LogP contribution in [0.25, 0.3) is 0 Å². The smallest absolute Gasteiger partial charge is 0.306 e. The zero-order valence-corrected chi connectivity index (χ0v) is 13.7. The molecule has 0 radical (unpaired) electrons. The Balaban J connectivity index is 2.86. The number of hydrogen-bond donors (Lipinski definition) is 0. The van der Waals surface area contributed by atoms with Crippen LogP contribution in [0, 0.1) is 11.3 Å². The third-order valence-electron chi connectivity index (χ3n) is 2.47. The van der Waals surface area contributed by atoms with E-state index in [9.17, 15) is 4.79 Å². The van der Waals surface area contributed by atoms with Gasteiger partial charge < -0.3 is 9.47 Å². The lowest BCUT2D eigenvalue weighted by Gasteiger charge is -2.19. The number of ether oxygens (including phenoxy) is 2. The fourth-order valence-electron chi connectivity index (χ4n) is 1.79. The lowest BCUT2D eigenvalue weighted by molar-refractivity contribution is -0.154. The van der Waals surface area contributed by atoms with E-state index in [1.165, 1.54) is 7.11 Å². The number of rotatable bonds is 4. The molecular weight excluding hydrogens is 322 g/mol. The Hall–Kier alpha value is -1.54. The third kappa shape index (κ3) is 4.86. The summed E-state index contributed by atoms with van der Waals surface area (Å²) in [6.07, 6.45) is 0.709. The number of nitrogens with zero attached hydrogens (tertiary/aromatic N) is 1. The molecule has 0 aliphatic carbocycles. The normalized spacial score (nSPS) is 10.8. The Labute approximate surface area is 127 Å². The van der Waals surface area contributed by atoms with Crippen LogP contribution < -0.4 is 4.74 Å². The van der Waals surface area contributed by atoms with E-state index < -0.39 is 5.60 Å². The molecule has 0 bridgehead atoms. The van der Waals surface area contributed by atoms with Gasteiger partial charge in [0.25, 0.3) is 0 Å². The molecule has 0 aliphatic rings. The zero-order valence-electron chi connectivity index (χ0n) is 12.1. The predicted octanol–water partition coefficient (Wildman–Crippen LogP) is 3.60. The maximum Gasteiger partial charge on any atom is 0.306 e. The van der Waals surface area contributed by atoms with Crippen LogP contribution in [-0.2, 0) is 16.0 Å². The van der Waals surface area contributed by atoms with Crippen LogP contribution >= 0.6 is 15.9 Å². The number of nitriles is 1. The number of benzene rings is 1. The summed E-state index contributed by atoms with van der Waals surface area (Å²) in [5.41, 5.74) is 0.765. The molecule has 0 amide bonds. The maximum absolute atomic E-state index is 11.7. The van der Waals surface area contributed by atoms with Crippen LogP contribution in [0.4, 0.5) is 0 Å². The fourth-order valence-corrected chi connectivity index (χ4v) is 2.29. The highest BCUT2D eigenvalue weighted by atomic mass is 79.9. The van der Waals surface area contributed by atoms with Crippen LogP contribution in [0.3, 0.4) is 0 Å². The second-order valence-corrected chi connectivity index (χ2v) is 6.26. The Morgan fingerprint density at radius 3 is 2.55 bits per heavy atom. The molecule has 0 aliphatic heterocycles. The van der Waals surface area contributed by atoms with Gasteiger partial charge in [0.15, 0.2) is 0 Å².